The fraction of sp³-hybridized carbons (Fsp3) is 0.292. The van der Waals surface area contributed by atoms with Crippen LogP contribution in [0.2, 0.25) is 10.0 Å². The number of rotatable bonds is 10. The number of amides is 1. The highest BCUT2D eigenvalue weighted by Gasteiger charge is 2.21. The highest BCUT2D eigenvalue weighted by molar-refractivity contribution is 7.99. The highest BCUT2D eigenvalue weighted by atomic mass is 35.5. The molecule has 0 saturated carbocycles. The number of methoxy groups -OCH3 is 2. The Morgan fingerprint density at radius 3 is 2.43 bits per heavy atom. The molecule has 0 saturated heterocycles. The number of thioether (sulfide) groups is 1. The zero-order chi connectivity index (χ0) is 27.1. The zero-order valence-corrected chi connectivity index (χ0v) is 22.7. The molecule has 0 spiro atoms. The number of halogens is 2. The van der Waals surface area contributed by atoms with Gasteiger partial charge in [0, 0.05) is 11.6 Å². The summed E-state index contributed by atoms with van der Waals surface area (Å²) < 4.78 is 17.2. The molecule has 0 bridgehead atoms. The van der Waals surface area contributed by atoms with Crippen molar-refractivity contribution in [2.45, 2.75) is 31.7 Å². The molecule has 3 rings (SSSR count). The maximum Gasteiger partial charge on any atom is 0.339 e. The fourth-order valence-electron chi connectivity index (χ4n) is 3.32. The predicted molar refractivity (Wildman–Crippen MR) is 140 cm³/mol. The van der Waals surface area contributed by atoms with E-state index in [0.717, 1.165) is 11.8 Å². The Bertz CT molecular complexity index is 1320. The van der Waals surface area contributed by atoms with Crippen molar-refractivity contribution in [1.82, 2.24) is 14.8 Å². The Morgan fingerprint density at radius 1 is 1.05 bits per heavy atom. The largest absolute Gasteiger partial charge is 0.481 e. The molecular weight excluding hydrogens is 543 g/mol. The van der Waals surface area contributed by atoms with Gasteiger partial charge >= 0.3 is 11.9 Å². The standard InChI is InChI=1S/C24H24Cl2N4O6S/c1-5-30-21(13(2)36-19-9-7-15(25)11-17(19)26)28-29-24(30)37-12-20(31)27-18-10-14(22(32)34-3)6-8-16(18)23(33)35-4/h6-11,13H,5,12H2,1-4H3,(H,27,31). The van der Waals surface area contributed by atoms with E-state index in [2.05, 4.69) is 15.5 Å². The van der Waals surface area contributed by atoms with Gasteiger partial charge in [-0.15, -0.1) is 10.2 Å². The van der Waals surface area contributed by atoms with Crippen molar-refractivity contribution in [2.24, 2.45) is 0 Å². The number of hydrogen-bond acceptors (Lipinski definition) is 9. The summed E-state index contributed by atoms with van der Waals surface area (Å²) in [5, 5.41) is 12.5. The lowest BCUT2D eigenvalue weighted by atomic mass is 10.1. The average Bonchev–Trinajstić information content (AvgIpc) is 3.31. The molecule has 10 nitrogen and oxygen atoms in total. The topological polar surface area (TPSA) is 122 Å². The number of ether oxygens (including phenoxy) is 3. The Morgan fingerprint density at radius 2 is 1.78 bits per heavy atom. The third kappa shape index (κ3) is 6.94. The molecule has 1 N–H and O–H groups in total. The van der Waals surface area contributed by atoms with E-state index in [0.29, 0.717) is 33.3 Å². The summed E-state index contributed by atoms with van der Waals surface area (Å²) in [6.45, 7) is 4.26. The molecule has 3 aromatic rings. The summed E-state index contributed by atoms with van der Waals surface area (Å²) in [4.78, 5) is 36.8. The van der Waals surface area contributed by atoms with Gasteiger partial charge in [0.25, 0.3) is 0 Å². The number of nitrogens with one attached hydrogen (secondary N) is 1. The normalized spacial score (nSPS) is 11.5. The summed E-state index contributed by atoms with van der Waals surface area (Å²) in [6, 6.07) is 9.08. The van der Waals surface area contributed by atoms with Crippen LogP contribution in [-0.4, -0.2) is 52.6 Å². The first kappa shape index (κ1) is 28.3. The lowest BCUT2D eigenvalue weighted by molar-refractivity contribution is -0.113. The van der Waals surface area contributed by atoms with Crippen molar-refractivity contribution in [3.05, 3.63) is 63.4 Å². The first-order chi connectivity index (χ1) is 17.7. The zero-order valence-electron chi connectivity index (χ0n) is 20.4. The molecule has 0 aliphatic rings. The lowest BCUT2D eigenvalue weighted by Gasteiger charge is -2.16. The van der Waals surface area contributed by atoms with E-state index >= 15 is 0 Å². The summed E-state index contributed by atoms with van der Waals surface area (Å²) in [5.41, 5.74) is 0.391. The van der Waals surface area contributed by atoms with Gasteiger partial charge in [0.1, 0.15) is 5.75 Å². The molecule has 37 heavy (non-hydrogen) atoms. The van der Waals surface area contributed by atoms with Crippen LogP contribution in [0.3, 0.4) is 0 Å². The highest BCUT2D eigenvalue weighted by Crippen LogP contribution is 2.32. The monoisotopic (exact) mass is 566 g/mol. The number of esters is 2. The number of carbonyl (C=O) groups is 3. The van der Waals surface area contributed by atoms with Crippen molar-refractivity contribution in [3.8, 4) is 5.75 Å². The minimum absolute atomic E-state index is 0.0422. The number of benzene rings is 2. The van der Waals surface area contributed by atoms with Crippen molar-refractivity contribution in [1.29, 1.82) is 0 Å². The number of aromatic nitrogens is 3. The summed E-state index contributed by atoms with van der Waals surface area (Å²) >= 11 is 13.3. The van der Waals surface area contributed by atoms with Crippen LogP contribution in [0.1, 0.15) is 46.5 Å². The number of nitrogens with zero attached hydrogens (tertiary/aromatic N) is 3. The second-order valence-electron chi connectivity index (χ2n) is 7.50. The third-order valence-electron chi connectivity index (χ3n) is 5.08. The molecule has 0 aliphatic carbocycles. The van der Waals surface area contributed by atoms with Crippen molar-refractivity contribution >= 4 is 58.5 Å². The third-order valence-corrected chi connectivity index (χ3v) is 6.57. The van der Waals surface area contributed by atoms with Crippen LogP contribution in [-0.2, 0) is 20.8 Å². The Kier molecular flexibility index (Phi) is 9.79. The minimum atomic E-state index is -0.662. The maximum absolute atomic E-state index is 12.7. The molecule has 0 aliphatic heterocycles. The maximum atomic E-state index is 12.7. The van der Waals surface area contributed by atoms with Gasteiger partial charge in [0.15, 0.2) is 17.1 Å². The molecule has 1 amide bonds. The van der Waals surface area contributed by atoms with Gasteiger partial charge < -0.3 is 24.1 Å². The minimum Gasteiger partial charge on any atom is -0.481 e. The van der Waals surface area contributed by atoms with Gasteiger partial charge in [-0.05, 0) is 50.2 Å². The van der Waals surface area contributed by atoms with E-state index in [4.69, 9.17) is 37.4 Å². The number of hydrogen-bond donors (Lipinski definition) is 1. The van der Waals surface area contributed by atoms with Crippen LogP contribution in [0, 0.1) is 0 Å². The molecule has 1 heterocycles. The van der Waals surface area contributed by atoms with Gasteiger partial charge in [0.2, 0.25) is 5.91 Å². The molecule has 2 aromatic carbocycles. The van der Waals surface area contributed by atoms with E-state index in [1.54, 1.807) is 18.2 Å². The molecule has 1 unspecified atom stereocenters. The average molecular weight is 567 g/mol. The quantitative estimate of drug-likeness (QED) is 0.265. The number of carbonyl (C=O) groups excluding carboxylic acids is 3. The molecule has 13 heteroatoms. The molecule has 196 valence electrons. The lowest BCUT2D eigenvalue weighted by Crippen LogP contribution is -2.18. The van der Waals surface area contributed by atoms with Crippen molar-refractivity contribution < 1.29 is 28.6 Å². The molecular formula is C24H24Cl2N4O6S. The van der Waals surface area contributed by atoms with Crippen molar-refractivity contribution in [2.75, 3.05) is 25.3 Å². The first-order valence-electron chi connectivity index (χ1n) is 11.0. The molecule has 1 aromatic heterocycles. The van der Waals surface area contributed by atoms with Crippen LogP contribution < -0.4 is 10.1 Å². The van der Waals surface area contributed by atoms with E-state index in [1.165, 1.54) is 32.4 Å². The van der Waals surface area contributed by atoms with Gasteiger partial charge in [-0.1, -0.05) is 35.0 Å². The predicted octanol–water partition coefficient (Wildman–Crippen LogP) is 5.05. The van der Waals surface area contributed by atoms with Crippen LogP contribution in [0.15, 0.2) is 41.6 Å². The summed E-state index contributed by atoms with van der Waals surface area (Å²) in [7, 11) is 2.46. The molecule has 0 fully saturated rings. The smallest absolute Gasteiger partial charge is 0.339 e. The van der Waals surface area contributed by atoms with Crippen LogP contribution in [0.25, 0.3) is 0 Å². The first-order valence-corrected chi connectivity index (χ1v) is 12.7. The molecule has 1 atom stereocenters. The van der Waals surface area contributed by atoms with Crippen LogP contribution in [0.5, 0.6) is 5.75 Å². The van der Waals surface area contributed by atoms with Crippen molar-refractivity contribution in [3.63, 3.8) is 0 Å². The fourth-order valence-corrected chi connectivity index (χ4v) is 4.58. The summed E-state index contributed by atoms with van der Waals surface area (Å²) in [5.74, 6) is -0.741. The van der Waals surface area contributed by atoms with E-state index in [1.807, 2.05) is 18.4 Å². The van der Waals surface area contributed by atoms with Gasteiger partial charge in [0.05, 0.1) is 41.8 Å². The SMILES string of the molecule is CCn1c(SCC(=O)Nc2cc(C(=O)OC)ccc2C(=O)OC)nnc1C(C)Oc1ccc(Cl)cc1Cl. The second-order valence-corrected chi connectivity index (χ2v) is 9.29. The van der Waals surface area contributed by atoms with Crippen LogP contribution >= 0.6 is 35.0 Å². The van der Waals surface area contributed by atoms with E-state index in [-0.39, 0.29) is 22.6 Å². The Hall–Kier alpha value is -3.28. The van der Waals surface area contributed by atoms with Gasteiger partial charge in [-0.3, -0.25) is 4.79 Å². The van der Waals surface area contributed by atoms with Crippen LogP contribution in [0.4, 0.5) is 5.69 Å². The number of anilines is 1. The van der Waals surface area contributed by atoms with Gasteiger partial charge in [-0.2, -0.15) is 0 Å². The molecule has 0 radical (unpaired) electrons. The summed E-state index contributed by atoms with van der Waals surface area (Å²) in [6.07, 6.45) is -0.488. The second kappa shape index (κ2) is 12.8. The van der Waals surface area contributed by atoms with E-state index in [9.17, 15) is 14.4 Å². The Labute approximate surface area is 227 Å². The van der Waals surface area contributed by atoms with Gasteiger partial charge in [-0.25, -0.2) is 9.59 Å². The van der Waals surface area contributed by atoms with E-state index < -0.39 is 23.9 Å². The Balaban J connectivity index is 1.72.